The Morgan fingerprint density at radius 3 is 2.23 bits per heavy atom. The van der Waals surface area contributed by atoms with E-state index in [9.17, 15) is 43.1 Å². The maximum atomic E-state index is 14.5. The van der Waals surface area contributed by atoms with Crippen LogP contribution in [0.4, 0.5) is 20.9 Å². The second-order valence-electron chi connectivity index (χ2n) is 18.6. The lowest BCUT2D eigenvalue weighted by Gasteiger charge is -2.43. The number of hydrogen-bond donors (Lipinski definition) is 4. The van der Waals surface area contributed by atoms with Crippen LogP contribution in [-0.2, 0) is 44.7 Å². The number of imide groups is 2. The van der Waals surface area contributed by atoms with Gasteiger partial charge in [-0.2, -0.15) is 0 Å². The summed E-state index contributed by atoms with van der Waals surface area (Å²) >= 11 is 1.21. The Balaban J connectivity index is 0.602. The minimum absolute atomic E-state index is 0.0164. The number of carbonyl (C=O) groups is 7. The fraction of sp³-hybridized carbons (Fsp3) is 0.462. The van der Waals surface area contributed by atoms with Crippen molar-refractivity contribution >= 4 is 69.2 Å². The summed E-state index contributed by atoms with van der Waals surface area (Å²) in [5, 5.41) is 20.8. The number of phenolic OH excluding ortho intramolecular Hbond substituents is 1. The Kier molecular flexibility index (Phi) is 17.4. The average Bonchev–Trinajstić information content (AvgIpc) is 4.12. The average molecular weight is 1050 g/mol. The van der Waals surface area contributed by atoms with Gasteiger partial charge in [-0.25, -0.2) is 9.37 Å². The molecular formula is C52H60FN9O12S. The van der Waals surface area contributed by atoms with Gasteiger partial charge >= 0.3 is 0 Å². The van der Waals surface area contributed by atoms with E-state index in [1.165, 1.54) is 28.5 Å². The van der Waals surface area contributed by atoms with Crippen LogP contribution in [-0.4, -0.2) is 182 Å². The van der Waals surface area contributed by atoms with E-state index in [0.717, 1.165) is 67.3 Å². The lowest BCUT2D eigenvalue weighted by Crippen LogP contribution is -2.54. The van der Waals surface area contributed by atoms with Crippen LogP contribution in [0.5, 0.6) is 5.75 Å². The number of hydrogen-bond acceptors (Lipinski definition) is 17. The van der Waals surface area contributed by atoms with E-state index in [2.05, 4.69) is 30.7 Å². The summed E-state index contributed by atoms with van der Waals surface area (Å²) in [6.45, 7) is 7.67. The van der Waals surface area contributed by atoms with Crippen LogP contribution in [0.2, 0.25) is 0 Å². The molecule has 6 heterocycles. The quantitative estimate of drug-likeness (QED) is 0.0615. The number of benzene rings is 3. The Hall–Kier alpha value is -6.89. The Morgan fingerprint density at radius 2 is 1.52 bits per heavy atom. The van der Waals surface area contributed by atoms with E-state index in [-0.39, 0.29) is 53.6 Å². The first-order chi connectivity index (χ1) is 36.4. The third-order valence-corrected chi connectivity index (χ3v) is 14.7. The number of aromatic nitrogens is 1. The number of nitrogens with one attached hydrogen (secondary N) is 3. The molecule has 3 fully saturated rings. The first kappa shape index (κ1) is 53.0. The molecule has 3 aromatic carbocycles. The topological polar surface area (TPSA) is 242 Å². The molecule has 1 aromatic heterocycles. The van der Waals surface area contributed by atoms with E-state index >= 15 is 0 Å². The molecule has 0 aliphatic carbocycles. The van der Waals surface area contributed by atoms with Crippen LogP contribution < -0.4 is 20.9 Å². The highest BCUT2D eigenvalue weighted by Gasteiger charge is 2.46. The van der Waals surface area contributed by atoms with E-state index in [1.807, 2.05) is 23.1 Å². The summed E-state index contributed by atoms with van der Waals surface area (Å²) < 4.78 is 36.9. The molecule has 2 atom stereocenters. The Bertz CT molecular complexity index is 2750. The molecule has 5 aliphatic rings. The van der Waals surface area contributed by atoms with Crippen molar-refractivity contribution in [2.45, 2.75) is 56.8 Å². The van der Waals surface area contributed by atoms with Crippen LogP contribution in [0.3, 0.4) is 0 Å². The first-order valence-electron chi connectivity index (χ1n) is 25.2. The summed E-state index contributed by atoms with van der Waals surface area (Å²) in [4.78, 5) is 104. The number of thiazole rings is 1. The molecule has 5 aliphatic heterocycles. The number of rotatable bonds is 23. The molecule has 75 heavy (non-hydrogen) atoms. The molecule has 3 saturated heterocycles. The van der Waals surface area contributed by atoms with Crippen molar-refractivity contribution in [3.63, 3.8) is 0 Å². The highest BCUT2D eigenvalue weighted by Crippen LogP contribution is 2.39. The van der Waals surface area contributed by atoms with Crippen molar-refractivity contribution in [1.82, 2.24) is 29.9 Å². The molecule has 4 N–H and O–H groups in total. The van der Waals surface area contributed by atoms with Crippen molar-refractivity contribution < 1.29 is 62.0 Å². The number of halogens is 1. The third-order valence-electron chi connectivity index (χ3n) is 14.1. The zero-order chi connectivity index (χ0) is 52.4. The molecule has 0 spiro atoms. The van der Waals surface area contributed by atoms with Crippen LogP contribution in [0.25, 0.3) is 0 Å². The van der Waals surface area contributed by atoms with Gasteiger partial charge in [0.05, 0.1) is 70.4 Å². The van der Waals surface area contributed by atoms with Crippen molar-refractivity contribution in [3.05, 3.63) is 99.8 Å². The molecule has 4 aromatic rings. The number of piperidine rings is 2. The van der Waals surface area contributed by atoms with Gasteiger partial charge in [-0.3, -0.25) is 54.0 Å². The number of nitrogens with zero attached hydrogens (tertiary/aromatic N) is 6. The molecule has 21 nitrogen and oxygen atoms in total. The minimum Gasteiger partial charge on any atom is -0.508 e. The van der Waals surface area contributed by atoms with Gasteiger partial charge in [0.2, 0.25) is 17.7 Å². The molecule has 9 rings (SSSR count). The van der Waals surface area contributed by atoms with Gasteiger partial charge in [0.1, 0.15) is 23.7 Å². The van der Waals surface area contributed by atoms with E-state index < -0.39 is 47.4 Å². The minimum atomic E-state index is -1.30. The maximum absolute atomic E-state index is 14.5. The molecule has 0 saturated carbocycles. The Labute approximate surface area is 436 Å². The number of carbonyl (C=O) groups excluding carboxylic acids is 7. The van der Waals surface area contributed by atoms with Crippen molar-refractivity contribution in [2.75, 3.05) is 114 Å². The maximum Gasteiger partial charge on any atom is 0.264 e. The van der Waals surface area contributed by atoms with Crippen molar-refractivity contribution in [2.24, 2.45) is 0 Å². The van der Waals surface area contributed by atoms with E-state index in [1.54, 1.807) is 23.6 Å². The second kappa shape index (κ2) is 24.6. The standard InChI is InChI=1S/C52H60FN9O12S/c53-34-5-8-42(63)39(30-34)46(48(67)57-52-55-14-29-75-52)61-32-33-4-6-36(31-38(33)49(61)68)58-15-10-35(11-16-58)59-17-19-60(20-18-59)44(65)12-21-71-23-25-73-27-28-74-26-24-72-22-13-54-40-3-1-2-37-45(40)51(70)62(50(37)69)41-7-9-43(64)56-47(41)66/h1-6,8,14,29-31,35,41,46,54,63H,7,9-13,15-28,32H2,(H,55,57,67)(H,56,64,66). The van der Waals surface area contributed by atoms with Gasteiger partial charge in [-0.15, -0.1) is 11.3 Å². The Morgan fingerprint density at radius 1 is 0.800 bits per heavy atom. The molecule has 0 radical (unpaired) electrons. The smallest absolute Gasteiger partial charge is 0.264 e. The summed E-state index contributed by atoms with van der Waals surface area (Å²) in [6.07, 6.45) is 3.81. The first-order valence-corrected chi connectivity index (χ1v) is 26.1. The van der Waals surface area contributed by atoms with Crippen molar-refractivity contribution in [3.8, 4) is 5.75 Å². The van der Waals surface area contributed by atoms with Gasteiger partial charge < -0.3 is 44.1 Å². The van der Waals surface area contributed by atoms with Gasteiger partial charge in [0.15, 0.2) is 5.13 Å². The molecule has 0 bridgehead atoms. The zero-order valence-corrected chi connectivity index (χ0v) is 42.2. The van der Waals surface area contributed by atoms with Gasteiger partial charge in [0.25, 0.3) is 23.6 Å². The summed E-state index contributed by atoms with van der Waals surface area (Å²) in [6, 6.07) is 12.0. The molecule has 7 amide bonds. The molecule has 2 unspecified atom stereocenters. The number of amides is 7. The molecular weight excluding hydrogens is 994 g/mol. The van der Waals surface area contributed by atoms with E-state index in [0.29, 0.717) is 101 Å². The monoisotopic (exact) mass is 1050 g/mol. The van der Waals surface area contributed by atoms with Crippen LogP contribution >= 0.6 is 11.3 Å². The summed E-state index contributed by atoms with van der Waals surface area (Å²) in [7, 11) is 0. The second-order valence-corrected chi connectivity index (χ2v) is 19.5. The number of anilines is 3. The normalized spacial score (nSPS) is 18.6. The number of phenols is 1. The van der Waals surface area contributed by atoms with Gasteiger partial charge in [-0.1, -0.05) is 12.1 Å². The van der Waals surface area contributed by atoms with Gasteiger partial charge in [0, 0.05) is 98.9 Å². The molecule has 23 heteroatoms. The van der Waals surface area contributed by atoms with Crippen LogP contribution in [0.15, 0.2) is 66.2 Å². The summed E-state index contributed by atoms with van der Waals surface area (Å²) in [5.41, 5.74) is 2.93. The molecule has 398 valence electrons. The SMILES string of the molecule is O=C1CCC(N2C(=O)c3cccc(NCCOCCOCCOCCOCCC(=O)N4CCN(C5CCN(c6ccc7c(c6)C(=O)N(C(C(=O)Nc6nccs6)c6cc(F)ccc6O)C7)CC5)CC4)c3C2=O)C(=O)N1. The van der Waals surface area contributed by atoms with Gasteiger partial charge in [-0.05, 0) is 67.3 Å². The zero-order valence-electron chi connectivity index (χ0n) is 41.3. The predicted octanol–water partition coefficient (Wildman–Crippen LogP) is 3.41. The highest BCUT2D eigenvalue weighted by molar-refractivity contribution is 7.13. The number of ether oxygens (including phenoxy) is 4. The summed E-state index contributed by atoms with van der Waals surface area (Å²) in [5.74, 6) is -4.11. The van der Waals surface area contributed by atoms with E-state index in [4.69, 9.17) is 18.9 Å². The number of fused-ring (bicyclic) bond motifs is 2. The van der Waals surface area contributed by atoms with Crippen LogP contribution in [0, 0.1) is 5.82 Å². The number of aromatic hydroxyl groups is 1. The fourth-order valence-corrected chi connectivity index (χ4v) is 10.7. The highest BCUT2D eigenvalue weighted by atomic mass is 32.1. The lowest BCUT2D eigenvalue weighted by atomic mass is 10.0. The fourth-order valence-electron chi connectivity index (χ4n) is 10.2. The van der Waals surface area contributed by atoms with Crippen LogP contribution in [0.1, 0.15) is 80.3 Å². The lowest BCUT2D eigenvalue weighted by molar-refractivity contribution is -0.136. The predicted molar refractivity (Wildman–Crippen MR) is 271 cm³/mol. The number of piperazine rings is 1. The third kappa shape index (κ3) is 12.5. The largest absolute Gasteiger partial charge is 0.508 e. The van der Waals surface area contributed by atoms with Crippen molar-refractivity contribution in [1.29, 1.82) is 0 Å².